The second-order valence-corrected chi connectivity index (χ2v) is 6.95. The third-order valence-electron chi connectivity index (χ3n) is 5.20. The highest BCUT2D eigenvalue weighted by Crippen LogP contribution is 2.36. The molecule has 0 radical (unpaired) electrons. The van der Waals surface area contributed by atoms with Gasteiger partial charge in [0.15, 0.2) is 0 Å². The molecule has 5 rings (SSSR count). The molecular weight excluding hydrogens is 294 g/mol. The molecule has 118 valence electrons. The Morgan fingerprint density at radius 1 is 0.750 bits per heavy atom. The van der Waals surface area contributed by atoms with Crippen LogP contribution in [0, 0.1) is 0 Å². The molecule has 0 atom stereocenters. The summed E-state index contributed by atoms with van der Waals surface area (Å²) in [4.78, 5) is 0. The van der Waals surface area contributed by atoms with Crippen LogP contribution in [0.25, 0.3) is 43.7 Å². The predicted molar refractivity (Wildman–Crippen MR) is 102 cm³/mol. The van der Waals surface area contributed by atoms with Crippen LogP contribution in [-0.2, 0) is 7.05 Å². The zero-order chi connectivity index (χ0) is 16.4. The molecule has 0 amide bonds. The molecule has 0 aliphatic carbocycles. The Bertz CT molecular complexity index is 1240. The van der Waals surface area contributed by atoms with Crippen molar-refractivity contribution in [1.29, 1.82) is 0 Å². The van der Waals surface area contributed by atoms with Gasteiger partial charge in [-0.1, -0.05) is 44.2 Å². The summed E-state index contributed by atoms with van der Waals surface area (Å²) in [5, 5.41) is 4.92. The molecule has 3 aromatic carbocycles. The molecule has 24 heavy (non-hydrogen) atoms. The lowest BCUT2D eigenvalue weighted by molar-refractivity contribution is 0.669. The Hall–Kier alpha value is -2.74. The van der Waals surface area contributed by atoms with Gasteiger partial charge in [-0.15, -0.1) is 0 Å². The summed E-state index contributed by atoms with van der Waals surface area (Å²) in [5.74, 6) is 0.535. The summed E-state index contributed by atoms with van der Waals surface area (Å²) < 4.78 is 8.37. The molecule has 2 aromatic heterocycles. The summed E-state index contributed by atoms with van der Waals surface area (Å²) in [7, 11) is 2.16. The summed E-state index contributed by atoms with van der Waals surface area (Å²) >= 11 is 0. The van der Waals surface area contributed by atoms with Crippen LogP contribution in [0.3, 0.4) is 0 Å². The van der Waals surface area contributed by atoms with E-state index in [1.807, 2.05) is 12.1 Å². The summed E-state index contributed by atoms with van der Waals surface area (Å²) in [6, 6.07) is 19.5. The lowest BCUT2D eigenvalue weighted by atomic mass is 10.0. The molecule has 0 unspecified atom stereocenters. The van der Waals surface area contributed by atoms with E-state index in [9.17, 15) is 0 Å². The lowest BCUT2D eigenvalue weighted by Crippen LogP contribution is -1.90. The number of aromatic nitrogens is 1. The quantitative estimate of drug-likeness (QED) is 0.352. The topological polar surface area (TPSA) is 18.1 Å². The molecule has 0 aliphatic heterocycles. The first kappa shape index (κ1) is 13.7. The number of furan rings is 1. The number of nitrogens with zero attached hydrogens (tertiary/aromatic N) is 1. The van der Waals surface area contributed by atoms with Crippen molar-refractivity contribution in [2.75, 3.05) is 0 Å². The van der Waals surface area contributed by atoms with E-state index in [0.29, 0.717) is 5.92 Å². The Balaban J connectivity index is 1.94. The molecule has 0 bridgehead atoms. The number of rotatable bonds is 1. The van der Waals surface area contributed by atoms with Gasteiger partial charge in [-0.05, 0) is 35.7 Å². The van der Waals surface area contributed by atoms with Gasteiger partial charge in [0.2, 0.25) is 0 Å². The van der Waals surface area contributed by atoms with E-state index < -0.39 is 0 Å². The van der Waals surface area contributed by atoms with Gasteiger partial charge in [-0.25, -0.2) is 0 Å². The first-order valence-electron chi connectivity index (χ1n) is 8.47. The SMILES string of the molecule is CC(C)c1ccc2c3cc4oc5ccccc5c4cc3n(C)c2c1. The highest BCUT2D eigenvalue weighted by molar-refractivity contribution is 6.16. The van der Waals surface area contributed by atoms with E-state index in [1.165, 1.54) is 38.1 Å². The van der Waals surface area contributed by atoms with E-state index in [1.54, 1.807) is 0 Å². The number of fused-ring (bicyclic) bond motifs is 6. The van der Waals surface area contributed by atoms with Crippen LogP contribution < -0.4 is 0 Å². The molecule has 0 saturated heterocycles. The normalized spacial score (nSPS) is 12.3. The van der Waals surface area contributed by atoms with Crippen molar-refractivity contribution in [3.63, 3.8) is 0 Å². The fraction of sp³-hybridized carbons (Fsp3) is 0.182. The minimum atomic E-state index is 0.535. The summed E-state index contributed by atoms with van der Waals surface area (Å²) in [6.07, 6.45) is 0. The molecule has 0 aliphatic rings. The van der Waals surface area contributed by atoms with Gasteiger partial charge in [0.1, 0.15) is 11.2 Å². The Morgan fingerprint density at radius 3 is 2.38 bits per heavy atom. The molecule has 5 aromatic rings. The highest BCUT2D eigenvalue weighted by Gasteiger charge is 2.14. The number of para-hydroxylation sites is 1. The standard InChI is InChI=1S/C22H19NO/c1-13(2)14-8-9-15-17-12-22-18(11-20(17)23(3)19(15)10-14)16-6-4-5-7-21(16)24-22/h4-13H,1-3H3. The van der Waals surface area contributed by atoms with Crippen molar-refractivity contribution in [3.8, 4) is 0 Å². The average molecular weight is 313 g/mol. The number of hydrogen-bond acceptors (Lipinski definition) is 1. The monoisotopic (exact) mass is 313 g/mol. The molecule has 2 heterocycles. The van der Waals surface area contributed by atoms with Crippen LogP contribution in [0.5, 0.6) is 0 Å². The maximum absolute atomic E-state index is 6.07. The fourth-order valence-corrected chi connectivity index (χ4v) is 3.80. The zero-order valence-electron chi connectivity index (χ0n) is 14.1. The summed E-state index contributed by atoms with van der Waals surface area (Å²) in [5.41, 5.74) is 5.83. The minimum absolute atomic E-state index is 0.535. The van der Waals surface area contributed by atoms with Crippen LogP contribution in [-0.4, -0.2) is 4.57 Å². The first-order valence-corrected chi connectivity index (χ1v) is 8.47. The maximum atomic E-state index is 6.07. The van der Waals surface area contributed by atoms with Crippen molar-refractivity contribution in [2.45, 2.75) is 19.8 Å². The van der Waals surface area contributed by atoms with E-state index in [2.05, 4.69) is 67.9 Å². The largest absolute Gasteiger partial charge is 0.456 e. The van der Waals surface area contributed by atoms with Crippen molar-refractivity contribution in [2.24, 2.45) is 7.05 Å². The molecule has 2 heteroatoms. The highest BCUT2D eigenvalue weighted by atomic mass is 16.3. The molecule has 0 saturated carbocycles. The van der Waals surface area contributed by atoms with E-state index in [0.717, 1.165) is 11.2 Å². The van der Waals surface area contributed by atoms with Gasteiger partial charge < -0.3 is 8.98 Å². The van der Waals surface area contributed by atoms with Gasteiger partial charge in [0.05, 0.1) is 0 Å². The maximum Gasteiger partial charge on any atom is 0.136 e. The Morgan fingerprint density at radius 2 is 1.54 bits per heavy atom. The predicted octanol–water partition coefficient (Wildman–Crippen LogP) is 6.35. The van der Waals surface area contributed by atoms with Crippen LogP contribution >= 0.6 is 0 Å². The number of hydrogen-bond donors (Lipinski definition) is 0. The van der Waals surface area contributed by atoms with Crippen LogP contribution in [0.2, 0.25) is 0 Å². The van der Waals surface area contributed by atoms with Crippen LogP contribution in [0.1, 0.15) is 25.3 Å². The van der Waals surface area contributed by atoms with Gasteiger partial charge in [0, 0.05) is 39.6 Å². The van der Waals surface area contributed by atoms with Crippen LogP contribution in [0.15, 0.2) is 59.0 Å². The second kappa shape index (κ2) is 4.64. The number of aryl methyl sites for hydroxylation is 1. The molecule has 0 spiro atoms. The fourth-order valence-electron chi connectivity index (χ4n) is 3.80. The molecule has 2 nitrogen and oxygen atoms in total. The summed E-state index contributed by atoms with van der Waals surface area (Å²) in [6.45, 7) is 4.48. The van der Waals surface area contributed by atoms with Gasteiger partial charge >= 0.3 is 0 Å². The van der Waals surface area contributed by atoms with Crippen molar-refractivity contribution in [1.82, 2.24) is 4.57 Å². The second-order valence-electron chi connectivity index (χ2n) is 6.95. The average Bonchev–Trinajstić information content (AvgIpc) is 3.09. The Labute approximate surface area is 140 Å². The van der Waals surface area contributed by atoms with Gasteiger partial charge in [-0.3, -0.25) is 0 Å². The molecular formula is C22H19NO. The van der Waals surface area contributed by atoms with Crippen molar-refractivity contribution < 1.29 is 4.42 Å². The smallest absolute Gasteiger partial charge is 0.136 e. The van der Waals surface area contributed by atoms with Gasteiger partial charge in [0.25, 0.3) is 0 Å². The Kier molecular flexibility index (Phi) is 2.64. The van der Waals surface area contributed by atoms with Crippen molar-refractivity contribution >= 4 is 43.7 Å². The zero-order valence-corrected chi connectivity index (χ0v) is 14.1. The van der Waals surface area contributed by atoms with Crippen LogP contribution in [0.4, 0.5) is 0 Å². The lowest BCUT2D eigenvalue weighted by Gasteiger charge is -2.06. The minimum Gasteiger partial charge on any atom is -0.456 e. The molecule has 0 fully saturated rings. The van der Waals surface area contributed by atoms with Crippen molar-refractivity contribution in [3.05, 3.63) is 60.2 Å². The molecule has 0 N–H and O–H groups in total. The van der Waals surface area contributed by atoms with E-state index in [-0.39, 0.29) is 0 Å². The first-order chi connectivity index (χ1) is 11.6. The van der Waals surface area contributed by atoms with E-state index in [4.69, 9.17) is 4.42 Å². The van der Waals surface area contributed by atoms with E-state index >= 15 is 0 Å². The third kappa shape index (κ3) is 1.71. The van der Waals surface area contributed by atoms with Gasteiger partial charge in [-0.2, -0.15) is 0 Å². The third-order valence-corrected chi connectivity index (χ3v) is 5.20. The number of benzene rings is 3.